The van der Waals surface area contributed by atoms with E-state index in [1.54, 1.807) is 0 Å². The lowest BCUT2D eigenvalue weighted by Gasteiger charge is -2.36. The Morgan fingerprint density at radius 3 is 1.96 bits per heavy atom. The minimum Gasteiger partial charge on any atom is -0.368 e. The molecule has 0 aliphatic carbocycles. The first kappa shape index (κ1) is 19.9. The van der Waals surface area contributed by atoms with Gasteiger partial charge in [-0.3, -0.25) is 9.59 Å². The van der Waals surface area contributed by atoms with Crippen LogP contribution in [0.3, 0.4) is 0 Å². The molecule has 1 aliphatic heterocycles. The summed E-state index contributed by atoms with van der Waals surface area (Å²) in [4.78, 5) is 28.9. The fourth-order valence-corrected chi connectivity index (χ4v) is 3.12. The summed E-state index contributed by atoms with van der Waals surface area (Å²) < 4.78 is 0. The van der Waals surface area contributed by atoms with E-state index in [4.69, 9.17) is 0 Å². The lowest BCUT2D eigenvalue weighted by molar-refractivity contribution is -0.123. The first-order chi connectivity index (χ1) is 13.2. The zero-order chi connectivity index (χ0) is 20.3. The Morgan fingerprint density at radius 1 is 0.857 bits per heavy atom. The van der Waals surface area contributed by atoms with E-state index in [0.29, 0.717) is 13.1 Å². The van der Waals surface area contributed by atoms with Crippen molar-refractivity contribution in [3.8, 4) is 0 Å². The molecule has 28 heavy (non-hydrogen) atoms. The molecule has 0 atom stereocenters. The third-order valence-electron chi connectivity index (χ3n) is 5.04. The predicted molar refractivity (Wildman–Crippen MR) is 114 cm³/mol. The molecule has 1 N–H and O–H groups in total. The molecule has 0 spiro atoms. The summed E-state index contributed by atoms with van der Waals surface area (Å²) in [6, 6.07) is 15.7. The molecule has 2 amide bonds. The lowest BCUT2D eigenvalue weighted by atomic mass is 9.95. The van der Waals surface area contributed by atoms with Gasteiger partial charge in [-0.2, -0.15) is 0 Å². The van der Waals surface area contributed by atoms with Gasteiger partial charge in [0.2, 0.25) is 5.91 Å². The first-order valence-corrected chi connectivity index (χ1v) is 9.76. The van der Waals surface area contributed by atoms with Gasteiger partial charge in [0.25, 0.3) is 5.91 Å². The normalized spacial score (nSPS) is 14.7. The number of amides is 2. The Bertz CT molecular complexity index is 828. The number of rotatable bonds is 3. The maximum Gasteiger partial charge on any atom is 0.253 e. The summed E-state index contributed by atoms with van der Waals surface area (Å²) in [6.07, 6.45) is 0. The molecule has 2 aromatic rings. The summed E-state index contributed by atoms with van der Waals surface area (Å²) in [5.74, 6) is 0.100. The van der Waals surface area contributed by atoms with Crippen LogP contribution < -0.4 is 10.2 Å². The van der Waals surface area contributed by atoms with Crippen LogP contribution in [0.25, 0.3) is 0 Å². The van der Waals surface area contributed by atoms with Crippen molar-refractivity contribution in [2.45, 2.75) is 27.7 Å². The number of hydrogen-bond acceptors (Lipinski definition) is 3. The van der Waals surface area contributed by atoms with Crippen LogP contribution in [0, 0.1) is 12.3 Å². The second kappa shape index (κ2) is 8.05. The summed E-state index contributed by atoms with van der Waals surface area (Å²) in [5, 5.41) is 2.95. The summed E-state index contributed by atoms with van der Waals surface area (Å²) in [5.41, 5.74) is 3.40. The van der Waals surface area contributed by atoms with Crippen LogP contribution in [0.2, 0.25) is 0 Å². The monoisotopic (exact) mass is 379 g/mol. The molecule has 0 saturated carbocycles. The van der Waals surface area contributed by atoms with Gasteiger partial charge in [0.05, 0.1) is 0 Å². The molecule has 0 radical (unpaired) electrons. The highest BCUT2D eigenvalue weighted by Gasteiger charge is 2.23. The zero-order valence-electron chi connectivity index (χ0n) is 17.2. The summed E-state index contributed by atoms with van der Waals surface area (Å²) >= 11 is 0. The van der Waals surface area contributed by atoms with E-state index < -0.39 is 5.41 Å². The van der Waals surface area contributed by atoms with Gasteiger partial charge in [-0.05, 0) is 43.3 Å². The highest BCUT2D eigenvalue weighted by molar-refractivity contribution is 5.95. The van der Waals surface area contributed by atoms with Crippen LogP contribution in [-0.2, 0) is 4.79 Å². The van der Waals surface area contributed by atoms with Crippen molar-refractivity contribution in [1.29, 1.82) is 0 Å². The molecular weight excluding hydrogens is 350 g/mol. The maximum atomic E-state index is 12.6. The van der Waals surface area contributed by atoms with Gasteiger partial charge in [0.15, 0.2) is 0 Å². The number of carbonyl (C=O) groups is 2. The van der Waals surface area contributed by atoms with Crippen molar-refractivity contribution in [1.82, 2.24) is 4.90 Å². The van der Waals surface area contributed by atoms with Crippen molar-refractivity contribution >= 4 is 23.2 Å². The quantitative estimate of drug-likeness (QED) is 0.879. The number of hydrogen-bond donors (Lipinski definition) is 1. The van der Waals surface area contributed by atoms with Crippen molar-refractivity contribution in [2.75, 3.05) is 36.4 Å². The summed E-state index contributed by atoms with van der Waals surface area (Å²) in [6.45, 7) is 10.7. The largest absolute Gasteiger partial charge is 0.368 e. The SMILES string of the molecule is Cc1ccc(C(=O)N2CCN(c3ccc(NC(=O)C(C)(C)C)cc3)CC2)cc1. The molecule has 3 rings (SSSR count). The zero-order valence-corrected chi connectivity index (χ0v) is 17.2. The number of anilines is 2. The van der Waals surface area contributed by atoms with Crippen LogP contribution >= 0.6 is 0 Å². The topological polar surface area (TPSA) is 52.7 Å². The predicted octanol–water partition coefficient (Wildman–Crippen LogP) is 3.94. The molecule has 1 saturated heterocycles. The summed E-state index contributed by atoms with van der Waals surface area (Å²) in [7, 11) is 0. The molecule has 2 aromatic carbocycles. The van der Waals surface area contributed by atoms with E-state index in [9.17, 15) is 9.59 Å². The molecule has 1 heterocycles. The van der Waals surface area contributed by atoms with Gasteiger partial charge in [-0.25, -0.2) is 0 Å². The minimum atomic E-state index is -0.418. The number of carbonyl (C=O) groups excluding carboxylic acids is 2. The van der Waals surface area contributed by atoms with Gasteiger partial charge in [-0.1, -0.05) is 38.5 Å². The number of nitrogens with zero attached hydrogens (tertiary/aromatic N) is 2. The molecule has 5 heteroatoms. The van der Waals surface area contributed by atoms with Crippen molar-refractivity contribution in [3.63, 3.8) is 0 Å². The Morgan fingerprint density at radius 2 is 1.43 bits per heavy atom. The Balaban J connectivity index is 1.56. The van der Waals surface area contributed by atoms with E-state index in [1.807, 2.05) is 81.1 Å². The van der Waals surface area contributed by atoms with E-state index in [1.165, 1.54) is 0 Å². The lowest BCUT2D eigenvalue weighted by Crippen LogP contribution is -2.48. The maximum absolute atomic E-state index is 12.6. The van der Waals surface area contributed by atoms with E-state index in [2.05, 4.69) is 10.2 Å². The van der Waals surface area contributed by atoms with Crippen LogP contribution in [0.4, 0.5) is 11.4 Å². The van der Waals surface area contributed by atoms with Crippen molar-refractivity contribution < 1.29 is 9.59 Å². The fraction of sp³-hybridized carbons (Fsp3) is 0.391. The van der Waals surface area contributed by atoms with E-state index in [-0.39, 0.29) is 11.8 Å². The highest BCUT2D eigenvalue weighted by Crippen LogP contribution is 2.22. The smallest absolute Gasteiger partial charge is 0.253 e. The molecule has 0 unspecified atom stereocenters. The number of nitrogens with one attached hydrogen (secondary N) is 1. The number of aryl methyl sites for hydroxylation is 1. The van der Waals surface area contributed by atoms with Crippen LogP contribution in [-0.4, -0.2) is 42.9 Å². The third-order valence-corrected chi connectivity index (χ3v) is 5.04. The molecule has 0 aromatic heterocycles. The van der Waals surface area contributed by atoms with Crippen LogP contribution in [0.5, 0.6) is 0 Å². The second-order valence-electron chi connectivity index (χ2n) is 8.40. The number of benzene rings is 2. The molecule has 0 bridgehead atoms. The minimum absolute atomic E-state index is 0.00322. The third kappa shape index (κ3) is 4.71. The van der Waals surface area contributed by atoms with E-state index >= 15 is 0 Å². The van der Waals surface area contributed by atoms with Gasteiger partial charge in [-0.15, -0.1) is 0 Å². The van der Waals surface area contributed by atoms with E-state index in [0.717, 1.165) is 35.6 Å². The standard InChI is InChI=1S/C23H29N3O2/c1-17-5-7-18(8-6-17)21(27)26-15-13-25(14-16-26)20-11-9-19(10-12-20)24-22(28)23(2,3)4/h5-12H,13-16H2,1-4H3,(H,24,28). The van der Waals surface area contributed by atoms with Gasteiger partial charge >= 0.3 is 0 Å². The van der Waals surface area contributed by atoms with Crippen LogP contribution in [0.1, 0.15) is 36.7 Å². The number of piperazine rings is 1. The van der Waals surface area contributed by atoms with Crippen molar-refractivity contribution in [2.24, 2.45) is 5.41 Å². The van der Waals surface area contributed by atoms with Crippen molar-refractivity contribution in [3.05, 3.63) is 59.7 Å². The van der Waals surface area contributed by atoms with Gasteiger partial charge in [0, 0.05) is 48.5 Å². The Labute approximate surface area is 167 Å². The fourth-order valence-electron chi connectivity index (χ4n) is 3.12. The van der Waals surface area contributed by atoms with Crippen LogP contribution in [0.15, 0.2) is 48.5 Å². The molecule has 148 valence electrons. The molecule has 1 aliphatic rings. The molecular formula is C23H29N3O2. The average molecular weight is 380 g/mol. The molecule has 5 nitrogen and oxygen atoms in total. The Kier molecular flexibility index (Phi) is 5.73. The highest BCUT2D eigenvalue weighted by atomic mass is 16.2. The van der Waals surface area contributed by atoms with Gasteiger partial charge < -0.3 is 15.1 Å². The second-order valence-corrected chi connectivity index (χ2v) is 8.40. The van der Waals surface area contributed by atoms with Gasteiger partial charge in [0.1, 0.15) is 0 Å². The first-order valence-electron chi connectivity index (χ1n) is 9.76. The average Bonchev–Trinajstić information content (AvgIpc) is 2.68. The Hall–Kier alpha value is -2.82. The molecule has 1 fully saturated rings.